The van der Waals surface area contributed by atoms with E-state index < -0.39 is 15.8 Å². The highest BCUT2D eigenvalue weighted by Gasteiger charge is 2.15. The molecule has 0 heterocycles. The van der Waals surface area contributed by atoms with Gasteiger partial charge in [0.05, 0.1) is 10.6 Å². The number of hydrazine groups is 1. The molecule has 0 fully saturated rings. The molecule has 0 aromatic heterocycles. The highest BCUT2D eigenvalue weighted by atomic mass is 32.2. The highest BCUT2D eigenvalue weighted by Crippen LogP contribution is 2.21. The number of aryl methyl sites for hydroxylation is 1. The van der Waals surface area contributed by atoms with Crippen LogP contribution in [0.25, 0.3) is 0 Å². The van der Waals surface area contributed by atoms with Gasteiger partial charge in [0.15, 0.2) is 0 Å². The molecule has 0 saturated heterocycles. The fourth-order valence-electron chi connectivity index (χ4n) is 1.68. The number of benzene rings is 2. The van der Waals surface area contributed by atoms with Crippen LogP contribution in [0, 0.1) is 12.7 Å². The second-order valence-electron chi connectivity index (χ2n) is 4.23. The molecule has 5 nitrogen and oxygen atoms in total. The molecule has 20 heavy (non-hydrogen) atoms. The Morgan fingerprint density at radius 1 is 1.10 bits per heavy atom. The van der Waals surface area contributed by atoms with Crippen molar-refractivity contribution in [2.24, 2.45) is 5.84 Å². The molecule has 0 aliphatic rings. The van der Waals surface area contributed by atoms with Gasteiger partial charge in [-0.15, -0.1) is 0 Å². The van der Waals surface area contributed by atoms with Gasteiger partial charge in [-0.05, 0) is 55.0 Å². The van der Waals surface area contributed by atoms with Gasteiger partial charge in [0.1, 0.15) is 5.82 Å². The molecule has 4 N–H and O–H groups in total. The summed E-state index contributed by atoms with van der Waals surface area (Å²) in [5, 5.41) is 0. The number of halogens is 1. The Morgan fingerprint density at radius 3 is 2.30 bits per heavy atom. The van der Waals surface area contributed by atoms with E-state index in [2.05, 4.69) is 10.1 Å². The Balaban J connectivity index is 2.30. The van der Waals surface area contributed by atoms with Gasteiger partial charge in [-0.1, -0.05) is 0 Å². The number of anilines is 2. The monoisotopic (exact) mass is 295 g/mol. The van der Waals surface area contributed by atoms with Crippen LogP contribution in [0.1, 0.15) is 5.56 Å². The number of nitrogen functional groups attached to an aromatic ring is 1. The number of sulfonamides is 1. The van der Waals surface area contributed by atoms with Gasteiger partial charge in [-0.2, -0.15) is 0 Å². The SMILES string of the molecule is Cc1cc(F)ccc1NS(=O)(=O)c1ccc(NN)cc1. The summed E-state index contributed by atoms with van der Waals surface area (Å²) in [5.74, 6) is 4.80. The molecule has 7 heteroatoms. The lowest BCUT2D eigenvalue weighted by Crippen LogP contribution is -2.14. The Morgan fingerprint density at radius 2 is 1.75 bits per heavy atom. The third-order valence-electron chi connectivity index (χ3n) is 2.76. The van der Waals surface area contributed by atoms with Crippen LogP contribution in [-0.4, -0.2) is 8.42 Å². The molecule has 0 radical (unpaired) electrons. The van der Waals surface area contributed by atoms with Gasteiger partial charge < -0.3 is 5.43 Å². The standard InChI is InChI=1S/C13H14FN3O2S/c1-9-8-10(14)2-7-13(9)17-20(18,19)12-5-3-11(16-15)4-6-12/h2-8,16-17H,15H2,1H3. The molecular weight excluding hydrogens is 281 g/mol. The van der Waals surface area contributed by atoms with Crippen LogP contribution in [0.3, 0.4) is 0 Å². The third kappa shape index (κ3) is 3.06. The van der Waals surface area contributed by atoms with E-state index in [0.29, 0.717) is 16.9 Å². The van der Waals surface area contributed by atoms with E-state index in [1.54, 1.807) is 19.1 Å². The summed E-state index contributed by atoms with van der Waals surface area (Å²) >= 11 is 0. The lowest BCUT2D eigenvalue weighted by molar-refractivity contribution is 0.601. The van der Waals surface area contributed by atoms with Crippen LogP contribution >= 0.6 is 0 Å². The van der Waals surface area contributed by atoms with Gasteiger partial charge in [0.2, 0.25) is 0 Å². The van der Waals surface area contributed by atoms with Crippen molar-refractivity contribution in [3.8, 4) is 0 Å². The van der Waals surface area contributed by atoms with Crippen molar-refractivity contribution in [1.82, 2.24) is 0 Å². The maximum absolute atomic E-state index is 13.0. The molecule has 0 bridgehead atoms. The van der Waals surface area contributed by atoms with Crippen molar-refractivity contribution in [2.45, 2.75) is 11.8 Å². The zero-order valence-electron chi connectivity index (χ0n) is 10.7. The second-order valence-corrected chi connectivity index (χ2v) is 5.92. The Bertz CT molecular complexity index is 715. The first-order valence-corrected chi connectivity index (χ1v) is 7.26. The molecule has 2 aromatic carbocycles. The first kappa shape index (κ1) is 14.3. The van der Waals surface area contributed by atoms with Gasteiger partial charge in [0, 0.05) is 5.69 Å². The summed E-state index contributed by atoms with van der Waals surface area (Å²) in [4.78, 5) is 0.0974. The molecule has 2 rings (SSSR count). The molecule has 0 aliphatic carbocycles. The number of hydrogen-bond donors (Lipinski definition) is 3. The van der Waals surface area contributed by atoms with E-state index in [1.165, 1.54) is 30.3 Å². The summed E-state index contributed by atoms with van der Waals surface area (Å²) < 4.78 is 39.8. The van der Waals surface area contributed by atoms with Gasteiger partial charge >= 0.3 is 0 Å². The number of nitrogens with one attached hydrogen (secondary N) is 2. The zero-order valence-corrected chi connectivity index (χ0v) is 11.5. The molecule has 2 aromatic rings. The number of rotatable bonds is 4. The minimum absolute atomic E-state index is 0.0974. The third-order valence-corrected chi connectivity index (χ3v) is 4.15. The van der Waals surface area contributed by atoms with E-state index in [-0.39, 0.29) is 4.90 Å². The van der Waals surface area contributed by atoms with Gasteiger partial charge in [0.25, 0.3) is 10.0 Å². The quantitative estimate of drug-likeness (QED) is 0.596. The van der Waals surface area contributed by atoms with Crippen molar-refractivity contribution >= 4 is 21.4 Å². The molecule has 106 valence electrons. The summed E-state index contributed by atoms with van der Waals surface area (Å²) in [7, 11) is -3.71. The van der Waals surface area contributed by atoms with Crippen LogP contribution in [0.15, 0.2) is 47.4 Å². The van der Waals surface area contributed by atoms with Crippen LogP contribution in [0.4, 0.5) is 15.8 Å². The minimum Gasteiger partial charge on any atom is -0.324 e. The van der Waals surface area contributed by atoms with Crippen molar-refractivity contribution in [1.29, 1.82) is 0 Å². The Kier molecular flexibility index (Phi) is 3.91. The minimum atomic E-state index is -3.71. The van der Waals surface area contributed by atoms with E-state index >= 15 is 0 Å². The number of hydrogen-bond acceptors (Lipinski definition) is 4. The smallest absolute Gasteiger partial charge is 0.261 e. The normalized spacial score (nSPS) is 11.2. The average molecular weight is 295 g/mol. The van der Waals surface area contributed by atoms with Crippen LogP contribution in [-0.2, 0) is 10.0 Å². The fraction of sp³-hybridized carbons (Fsp3) is 0.0769. The Labute approximate surface area is 116 Å². The maximum atomic E-state index is 13.0. The van der Waals surface area contributed by atoms with Crippen molar-refractivity contribution in [3.05, 3.63) is 53.8 Å². The van der Waals surface area contributed by atoms with E-state index in [1.807, 2.05) is 0 Å². The fourth-order valence-corrected chi connectivity index (χ4v) is 2.81. The topological polar surface area (TPSA) is 84.2 Å². The first-order valence-electron chi connectivity index (χ1n) is 5.78. The second kappa shape index (κ2) is 5.48. The summed E-state index contributed by atoms with van der Waals surface area (Å²) in [6.07, 6.45) is 0. The lowest BCUT2D eigenvalue weighted by atomic mass is 10.2. The molecule has 0 spiro atoms. The van der Waals surface area contributed by atoms with Gasteiger partial charge in [-0.25, -0.2) is 12.8 Å². The molecule has 0 aliphatic heterocycles. The lowest BCUT2D eigenvalue weighted by Gasteiger charge is -2.11. The molecule has 0 saturated carbocycles. The summed E-state index contributed by atoms with van der Waals surface area (Å²) in [5.41, 5.74) is 3.86. The summed E-state index contributed by atoms with van der Waals surface area (Å²) in [6, 6.07) is 9.80. The van der Waals surface area contributed by atoms with E-state index in [4.69, 9.17) is 5.84 Å². The molecule has 0 atom stereocenters. The predicted molar refractivity (Wildman–Crippen MR) is 76.2 cm³/mol. The summed E-state index contributed by atoms with van der Waals surface area (Å²) in [6.45, 7) is 1.63. The van der Waals surface area contributed by atoms with Crippen LogP contribution in [0.5, 0.6) is 0 Å². The molecular formula is C13H14FN3O2S. The zero-order chi connectivity index (χ0) is 14.8. The predicted octanol–water partition coefficient (Wildman–Crippen LogP) is 2.22. The first-order chi connectivity index (χ1) is 9.42. The van der Waals surface area contributed by atoms with Crippen LogP contribution in [0.2, 0.25) is 0 Å². The highest BCUT2D eigenvalue weighted by molar-refractivity contribution is 7.92. The average Bonchev–Trinajstić information content (AvgIpc) is 2.42. The van der Waals surface area contributed by atoms with Gasteiger partial charge in [-0.3, -0.25) is 10.6 Å². The Hall–Kier alpha value is -2.12. The largest absolute Gasteiger partial charge is 0.324 e. The van der Waals surface area contributed by atoms with E-state index in [0.717, 1.165) is 0 Å². The van der Waals surface area contributed by atoms with Crippen molar-refractivity contribution in [3.63, 3.8) is 0 Å². The molecule has 0 unspecified atom stereocenters. The molecule has 0 amide bonds. The van der Waals surface area contributed by atoms with Crippen LogP contribution < -0.4 is 16.0 Å². The van der Waals surface area contributed by atoms with Crippen molar-refractivity contribution in [2.75, 3.05) is 10.1 Å². The number of nitrogens with two attached hydrogens (primary N) is 1. The van der Waals surface area contributed by atoms with E-state index in [9.17, 15) is 12.8 Å². The van der Waals surface area contributed by atoms with Crippen molar-refractivity contribution < 1.29 is 12.8 Å². The maximum Gasteiger partial charge on any atom is 0.261 e.